The maximum Gasteiger partial charge on any atom is 0.238 e. The van der Waals surface area contributed by atoms with Gasteiger partial charge in [0.15, 0.2) is 0 Å². The molecule has 21 heavy (non-hydrogen) atoms. The van der Waals surface area contributed by atoms with Crippen LogP contribution in [-0.4, -0.2) is 49.2 Å². The first-order chi connectivity index (χ1) is 9.94. The fourth-order valence-electron chi connectivity index (χ4n) is 2.22. The average molecular weight is 299 g/mol. The molecule has 1 aliphatic rings. The van der Waals surface area contributed by atoms with Crippen molar-refractivity contribution >= 4 is 11.6 Å². The Bertz CT molecular complexity index is 491. The summed E-state index contributed by atoms with van der Waals surface area (Å²) in [6, 6.07) is 2.79. The Morgan fingerprint density at radius 1 is 1.48 bits per heavy atom. The fourth-order valence-corrected chi connectivity index (χ4v) is 2.22. The number of nitrogens with zero attached hydrogens (tertiary/aromatic N) is 1. The van der Waals surface area contributed by atoms with Crippen molar-refractivity contribution in [1.82, 2.24) is 4.90 Å². The van der Waals surface area contributed by atoms with E-state index in [-0.39, 0.29) is 30.3 Å². The maximum atomic E-state index is 13.0. The Hall–Kier alpha value is -1.57. The van der Waals surface area contributed by atoms with Crippen LogP contribution in [-0.2, 0) is 9.53 Å². The van der Waals surface area contributed by atoms with Gasteiger partial charge in [-0.1, -0.05) is 0 Å². The predicted molar refractivity (Wildman–Crippen MR) is 74.8 cm³/mol. The Kier molecular flexibility index (Phi) is 5.22. The van der Waals surface area contributed by atoms with E-state index < -0.39 is 11.6 Å². The van der Waals surface area contributed by atoms with E-state index in [1.807, 2.05) is 11.8 Å². The number of carbonyl (C=O) groups is 1. The van der Waals surface area contributed by atoms with E-state index in [1.54, 1.807) is 0 Å². The largest absolute Gasteiger partial charge is 0.374 e. The average Bonchev–Trinajstić information content (AvgIpc) is 2.37. The third-order valence-corrected chi connectivity index (χ3v) is 3.28. The third kappa shape index (κ3) is 4.73. The van der Waals surface area contributed by atoms with E-state index in [9.17, 15) is 13.6 Å². The maximum absolute atomic E-state index is 13.0. The van der Waals surface area contributed by atoms with Crippen LogP contribution in [0.25, 0.3) is 0 Å². The number of nitrogens with two attached hydrogens (primary N) is 1. The molecule has 2 rings (SSSR count). The normalized spacial score (nSPS) is 21.0. The lowest BCUT2D eigenvalue weighted by atomic mass is 10.1. The number of hydrogen-bond donors (Lipinski definition) is 2. The van der Waals surface area contributed by atoms with Gasteiger partial charge in [0.2, 0.25) is 5.91 Å². The molecule has 0 aromatic heterocycles. The second-order valence-electron chi connectivity index (χ2n) is 5.21. The summed E-state index contributed by atoms with van der Waals surface area (Å²) in [7, 11) is 0. The van der Waals surface area contributed by atoms with E-state index in [4.69, 9.17) is 10.5 Å². The van der Waals surface area contributed by atoms with Gasteiger partial charge in [-0.05, 0) is 19.1 Å². The minimum atomic E-state index is -0.728. The van der Waals surface area contributed by atoms with Crippen LogP contribution in [0.1, 0.15) is 6.92 Å². The number of rotatable bonds is 4. The molecule has 0 spiro atoms. The number of hydrogen-bond acceptors (Lipinski definition) is 4. The van der Waals surface area contributed by atoms with E-state index in [1.165, 1.54) is 0 Å². The number of ether oxygens (including phenoxy) is 1. The molecule has 0 saturated carbocycles. The summed E-state index contributed by atoms with van der Waals surface area (Å²) in [4.78, 5) is 13.8. The summed E-state index contributed by atoms with van der Waals surface area (Å²) in [5.41, 5.74) is 5.89. The lowest BCUT2D eigenvalue weighted by Gasteiger charge is -2.34. The summed E-state index contributed by atoms with van der Waals surface area (Å²) < 4.78 is 31.6. The molecule has 116 valence electrons. The zero-order valence-corrected chi connectivity index (χ0v) is 11.8. The fraction of sp³-hybridized carbons (Fsp3) is 0.500. The lowest BCUT2D eigenvalue weighted by molar-refractivity contribution is -0.119. The Morgan fingerprint density at radius 3 is 2.76 bits per heavy atom. The van der Waals surface area contributed by atoms with Crippen LogP contribution in [0.5, 0.6) is 0 Å². The van der Waals surface area contributed by atoms with Crippen molar-refractivity contribution in [1.29, 1.82) is 0 Å². The number of morpholine rings is 1. The molecule has 3 N–H and O–H groups in total. The molecule has 1 aromatic carbocycles. The Morgan fingerprint density at radius 2 is 2.14 bits per heavy atom. The van der Waals surface area contributed by atoms with Gasteiger partial charge in [0.25, 0.3) is 0 Å². The van der Waals surface area contributed by atoms with Crippen LogP contribution in [0.3, 0.4) is 0 Å². The number of amides is 1. The van der Waals surface area contributed by atoms with Gasteiger partial charge in [0.05, 0.1) is 19.3 Å². The monoisotopic (exact) mass is 299 g/mol. The van der Waals surface area contributed by atoms with Gasteiger partial charge in [-0.3, -0.25) is 9.69 Å². The first-order valence-corrected chi connectivity index (χ1v) is 6.79. The van der Waals surface area contributed by atoms with E-state index in [2.05, 4.69) is 5.32 Å². The van der Waals surface area contributed by atoms with Crippen LogP contribution in [0, 0.1) is 11.6 Å². The highest BCUT2D eigenvalue weighted by Gasteiger charge is 2.24. The van der Waals surface area contributed by atoms with Gasteiger partial charge >= 0.3 is 0 Å². The van der Waals surface area contributed by atoms with Crippen LogP contribution in [0.15, 0.2) is 18.2 Å². The summed E-state index contributed by atoms with van der Waals surface area (Å²) >= 11 is 0. The van der Waals surface area contributed by atoms with Crippen molar-refractivity contribution in [2.75, 3.05) is 31.6 Å². The molecule has 2 unspecified atom stereocenters. The van der Waals surface area contributed by atoms with Gasteiger partial charge in [0, 0.05) is 30.9 Å². The minimum Gasteiger partial charge on any atom is -0.374 e. The molecule has 1 fully saturated rings. The molecule has 0 bridgehead atoms. The summed E-state index contributed by atoms with van der Waals surface area (Å²) in [5.74, 6) is -1.78. The van der Waals surface area contributed by atoms with Crippen LogP contribution >= 0.6 is 0 Å². The predicted octanol–water partition coefficient (Wildman–Crippen LogP) is 0.951. The zero-order valence-electron chi connectivity index (χ0n) is 11.8. The van der Waals surface area contributed by atoms with Gasteiger partial charge in [-0.2, -0.15) is 0 Å². The molecule has 1 amide bonds. The Balaban J connectivity index is 1.89. The van der Waals surface area contributed by atoms with Crippen molar-refractivity contribution in [2.24, 2.45) is 5.73 Å². The topological polar surface area (TPSA) is 67.6 Å². The van der Waals surface area contributed by atoms with Crippen LogP contribution < -0.4 is 11.1 Å². The molecule has 7 heteroatoms. The van der Waals surface area contributed by atoms with E-state index in [0.717, 1.165) is 18.2 Å². The number of carbonyl (C=O) groups excluding carboxylic acids is 1. The first kappa shape index (κ1) is 15.8. The summed E-state index contributed by atoms with van der Waals surface area (Å²) in [6.07, 6.45) is -0.113. The van der Waals surface area contributed by atoms with Crippen molar-refractivity contribution in [2.45, 2.75) is 19.1 Å². The number of anilines is 1. The second kappa shape index (κ2) is 6.93. The summed E-state index contributed by atoms with van der Waals surface area (Å²) in [6.45, 7) is 3.67. The van der Waals surface area contributed by atoms with Crippen molar-refractivity contribution in [3.05, 3.63) is 29.8 Å². The van der Waals surface area contributed by atoms with Crippen LogP contribution in [0.2, 0.25) is 0 Å². The smallest absolute Gasteiger partial charge is 0.238 e. The van der Waals surface area contributed by atoms with Gasteiger partial charge < -0.3 is 15.8 Å². The highest BCUT2D eigenvalue weighted by atomic mass is 19.1. The molecular formula is C14H19F2N3O2. The molecule has 0 aliphatic carbocycles. The molecular weight excluding hydrogens is 280 g/mol. The quantitative estimate of drug-likeness (QED) is 0.869. The van der Waals surface area contributed by atoms with Gasteiger partial charge in [-0.25, -0.2) is 8.78 Å². The van der Waals surface area contributed by atoms with Crippen molar-refractivity contribution in [3.63, 3.8) is 0 Å². The third-order valence-electron chi connectivity index (χ3n) is 3.28. The lowest BCUT2D eigenvalue weighted by Crippen LogP contribution is -2.51. The molecule has 1 aromatic rings. The second-order valence-corrected chi connectivity index (χ2v) is 5.21. The van der Waals surface area contributed by atoms with Gasteiger partial charge in [-0.15, -0.1) is 0 Å². The number of nitrogens with one attached hydrogen (secondary N) is 1. The SMILES string of the molecule is CC(N)C1CN(CC(=O)Nc2cc(F)cc(F)c2)CCO1. The number of benzene rings is 1. The molecule has 1 aliphatic heterocycles. The first-order valence-electron chi connectivity index (χ1n) is 6.79. The summed E-state index contributed by atoms with van der Waals surface area (Å²) in [5, 5.41) is 2.48. The standard InChI is InChI=1S/C14H19F2N3O2/c1-9(17)13-7-19(2-3-21-13)8-14(20)18-12-5-10(15)4-11(16)6-12/h4-6,9,13H,2-3,7-8,17H2,1H3,(H,18,20). The molecule has 2 atom stereocenters. The van der Waals surface area contributed by atoms with Gasteiger partial charge in [0.1, 0.15) is 11.6 Å². The molecule has 0 radical (unpaired) electrons. The Labute approximate surface area is 122 Å². The highest BCUT2D eigenvalue weighted by molar-refractivity contribution is 5.92. The highest BCUT2D eigenvalue weighted by Crippen LogP contribution is 2.13. The molecule has 1 saturated heterocycles. The van der Waals surface area contributed by atoms with Crippen molar-refractivity contribution in [3.8, 4) is 0 Å². The van der Waals surface area contributed by atoms with E-state index >= 15 is 0 Å². The molecule has 5 nitrogen and oxygen atoms in total. The number of halogens is 2. The van der Waals surface area contributed by atoms with E-state index in [0.29, 0.717) is 19.7 Å². The van der Waals surface area contributed by atoms with Crippen molar-refractivity contribution < 1.29 is 18.3 Å². The van der Waals surface area contributed by atoms with Crippen LogP contribution in [0.4, 0.5) is 14.5 Å². The minimum absolute atomic E-state index is 0.106. The molecule has 1 heterocycles. The zero-order chi connectivity index (χ0) is 15.4.